The number of benzene rings is 3. The lowest BCUT2D eigenvalue weighted by molar-refractivity contribution is 0.0953. The van der Waals surface area contributed by atoms with Gasteiger partial charge in [0.1, 0.15) is 17.4 Å². The van der Waals surface area contributed by atoms with Crippen molar-refractivity contribution >= 4 is 16.9 Å². The van der Waals surface area contributed by atoms with Crippen molar-refractivity contribution in [2.75, 3.05) is 13.2 Å². The minimum absolute atomic E-state index is 0.192. The summed E-state index contributed by atoms with van der Waals surface area (Å²) in [6.45, 7) is 4.23. The van der Waals surface area contributed by atoms with Crippen molar-refractivity contribution in [3.05, 3.63) is 95.6 Å². The number of unbranched alkanes of at least 4 members (excludes halogenated alkanes) is 1. The molecule has 0 bridgehead atoms. The zero-order valence-corrected chi connectivity index (χ0v) is 20.2. The summed E-state index contributed by atoms with van der Waals surface area (Å²) in [5.74, 6) is 1.40. The third-order valence-electron chi connectivity index (χ3n) is 6.08. The number of nitrogens with one attached hydrogen (secondary N) is 1. The maximum atomic E-state index is 13.1. The van der Waals surface area contributed by atoms with E-state index in [4.69, 9.17) is 9.72 Å². The number of rotatable bonds is 12. The molecule has 5 nitrogen and oxygen atoms in total. The molecule has 0 aliphatic carbocycles. The Balaban J connectivity index is 1.27. The fourth-order valence-corrected chi connectivity index (χ4v) is 4.10. The number of halogens is 1. The van der Waals surface area contributed by atoms with E-state index >= 15 is 0 Å². The van der Waals surface area contributed by atoms with Crippen LogP contribution in [0.4, 0.5) is 4.39 Å². The number of hydrogen-bond acceptors (Lipinski definition) is 3. The molecule has 4 aromatic rings. The average molecular weight is 474 g/mol. The van der Waals surface area contributed by atoms with Crippen molar-refractivity contribution in [3.8, 4) is 5.75 Å². The Morgan fingerprint density at radius 1 is 0.971 bits per heavy atom. The normalized spacial score (nSPS) is 11.0. The topological polar surface area (TPSA) is 56.1 Å². The van der Waals surface area contributed by atoms with Gasteiger partial charge in [-0.05, 0) is 79.8 Å². The van der Waals surface area contributed by atoms with E-state index in [1.165, 1.54) is 29.8 Å². The fraction of sp³-hybridized carbons (Fsp3) is 0.310. The number of amides is 1. The van der Waals surface area contributed by atoms with Crippen LogP contribution in [0.15, 0.2) is 72.8 Å². The summed E-state index contributed by atoms with van der Waals surface area (Å²) in [4.78, 5) is 17.1. The number of nitrogens with zero attached hydrogens (tertiary/aromatic N) is 2. The molecular weight excluding hydrogens is 441 g/mol. The van der Waals surface area contributed by atoms with E-state index in [0.29, 0.717) is 18.7 Å². The van der Waals surface area contributed by atoms with Crippen molar-refractivity contribution in [3.63, 3.8) is 0 Å². The molecule has 0 saturated carbocycles. The van der Waals surface area contributed by atoms with Crippen LogP contribution in [0.2, 0.25) is 0 Å². The molecule has 0 radical (unpaired) electrons. The Kier molecular flexibility index (Phi) is 8.49. The van der Waals surface area contributed by atoms with Crippen LogP contribution in [0.25, 0.3) is 11.0 Å². The van der Waals surface area contributed by atoms with Crippen molar-refractivity contribution in [2.45, 2.75) is 45.6 Å². The summed E-state index contributed by atoms with van der Waals surface area (Å²) < 4.78 is 21.2. The molecular formula is C29H32FN3O2. The molecule has 0 spiro atoms. The van der Waals surface area contributed by atoms with Crippen molar-refractivity contribution < 1.29 is 13.9 Å². The molecule has 0 fully saturated rings. The molecule has 182 valence electrons. The Hall–Kier alpha value is -3.67. The second kappa shape index (κ2) is 12.2. The number of aryl methyl sites for hydroxylation is 3. The first-order valence-electron chi connectivity index (χ1n) is 12.3. The molecule has 6 heteroatoms. The van der Waals surface area contributed by atoms with Gasteiger partial charge in [-0.1, -0.05) is 31.2 Å². The molecule has 0 aliphatic rings. The van der Waals surface area contributed by atoms with Crippen molar-refractivity contribution in [1.29, 1.82) is 0 Å². The van der Waals surface area contributed by atoms with Gasteiger partial charge < -0.3 is 14.6 Å². The smallest absolute Gasteiger partial charge is 0.251 e. The van der Waals surface area contributed by atoms with Gasteiger partial charge >= 0.3 is 0 Å². The highest BCUT2D eigenvalue weighted by Gasteiger charge is 2.11. The van der Waals surface area contributed by atoms with Gasteiger partial charge in [0.05, 0.1) is 17.6 Å². The van der Waals surface area contributed by atoms with E-state index in [2.05, 4.69) is 35.0 Å². The fourth-order valence-electron chi connectivity index (χ4n) is 4.10. The Morgan fingerprint density at radius 2 is 1.74 bits per heavy atom. The highest BCUT2D eigenvalue weighted by molar-refractivity contribution is 5.94. The number of fused-ring (bicyclic) bond motifs is 1. The predicted molar refractivity (Wildman–Crippen MR) is 137 cm³/mol. The Bertz CT molecular complexity index is 1230. The van der Waals surface area contributed by atoms with E-state index in [0.717, 1.165) is 61.3 Å². The van der Waals surface area contributed by atoms with Gasteiger partial charge in [-0.15, -0.1) is 0 Å². The summed E-state index contributed by atoms with van der Waals surface area (Å²) in [5.41, 5.74) is 3.90. The lowest BCUT2D eigenvalue weighted by atomic mass is 10.2. The lowest BCUT2D eigenvalue weighted by Gasteiger charge is -2.11. The number of carbonyl (C=O) groups is 1. The quantitative estimate of drug-likeness (QED) is 0.258. The van der Waals surface area contributed by atoms with Crippen LogP contribution in [-0.2, 0) is 19.4 Å². The SMILES string of the molecule is CCc1ccc(OCCCCn2c(CCCNC(=O)c3ccc(F)cc3)nc3ccccc32)cc1. The van der Waals surface area contributed by atoms with Crippen LogP contribution >= 0.6 is 0 Å². The Morgan fingerprint density at radius 3 is 2.51 bits per heavy atom. The largest absolute Gasteiger partial charge is 0.494 e. The van der Waals surface area contributed by atoms with Gasteiger partial charge in [-0.25, -0.2) is 9.37 Å². The zero-order valence-electron chi connectivity index (χ0n) is 20.2. The maximum Gasteiger partial charge on any atom is 0.251 e. The highest BCUT2D eigenvalue weighted by Crippen LogP contribution is 2.19. The van der Waals surface area contributed by atoms with Gasteiger partial charge in [-0.3, -0.25) is 4.79 Å². The van der Waals surface area contributed by atoms with E-state index in [9.17, 15) is 9.18 Å². The zero-order chi connectivity index (χ0) is 24.5. The minimum Gasteiger partial charge on any atom is -0.494 e. The van der Waals surface area contributed by atoms with Crippen molar-refractivity contribution in [1.82, 2.24) is 14.9 Å². The third-order valence-corrected chi connectivity index (χ3v) is 6.08. The first-order chi connectivity index (χ1) is 17.1. The van der Waals surface area contributed by atoms with Crippen LogP contribution in [0.3, 0.4) is 0 Å². The van der Waals surface area contributed by atoms with Crippen molar-refractivity contribution in [2.24, 2.45) is 0 Å². The van der Waals surface area contributed by atoms with E-state index in [1.807, 2.05) is 30.3 Å². The second-order valence-corrected chi connectivity index (χ2v) is 8.59. The van der Waals surface area contributed by atoms with E-state index in [-0.39, 0.29) is 11.7 Å². The first-order valence-corrected chi connectivity index (χ1v) is 12.3. The summed E-state index contributed by atoms with van der Waals surface area (Å²) in [6, 6.07) is 22.1. The van der Waals surface area contributed by atoms with Crippen LogP contribution in [0.5, 0.6) is 5.75 Å². The molecule has 1 N–H and O–H groups in total. The molecule has 3 aromatic carbocycles. The number of aromatic nitrogens is 2. The molecule has 35 heavy (non-hydrogen) atoms. The van der Waals surface area contributed by atoms with Gasteiger partial charge in [0.2, 0.25) is 0 Å². The number of carbonyl (C=O) groups excluding carboxylic acids is 1. The summed E-state index contributed by atoms with van der Waals surface area (Å²) >= 11 is 0. The molecule has 0 atom stereocenters. The lowest BCUT2D eigenvalue weighted by Crippen LogP contribution is -2.25. The van der Waals surface area contributed by atoms with Gasteiger partial charge in [0.15, 0.2) is 0 Å². The van der Waals surface area contributed by atoms with E-state index < -0.39 is 0 Å². The summed E-state index contributed by atoms with van der Waals surface area (Å²) in [6.07, 6.45) is 4.50. The number of para-hydroxylation sites is 2. The highest BCUT2D eigenvalue weighted by atomic mass is 19.1. The standard InChI is InChI=1S/C29H32FN3O2/c1-2-22-11-17-25(18-12-22)35-21-6-5-20-33-27-9-4-3-8-26(27)32-28(33)10-7-19-31-29(34)23-13-15-24(30)16-14-23/h3-4,8-9,11-18H,2,5-7,10,19-21H2,1H3,(H,31,34). The van der Waals surface area contributed by atoms with Gasteiger partial charge in [0.25, 0.3) is 5.91 Å². The second-order valence-electron chi connectivity index (χ2n) is 8.59. The molecule has 1 aromatic heterocycles. The molecule has 0 saturated heterocycles. The van der Waals surface area contributed by atoms with E-state index in [1.54, 1.807) is 0 Å². The number of ether oxygens (including phenoxy) is 1. The van der Waals surface area contributed by atoms with Crippen LogP contribution in [0.1, 0.15) is 47.9 Å². The molecule has 0 aliphatic heterocycles. The number of hydrogen-bond donors (Lipinski definition) is 1. The molecule has 1 heterocycles. The maximum absolute atomic E-state index is 13.1. The van der Waals surface area contributed by atoms with Crippen LogP contribution < -0.4 is 10.1 Å². The minimum atomic E-state index is -0.349. The Labute approximate surface area is 206 Å². The molecule has 4 rings (SSSR count). The third kappa shape index (κ3) is 6.69. The molecule has 0 unspecified atom stereocenters. The van der Waals surface area contributed by atoms with Gasteiger partial charge in [-0.2, -0.15) is 0 Å². The monoisotopic (exact) mass is 473 g/mol. The molecule has 1 amide bonds. The summed E-state index contributed by atoms with van der Waals surface area (Å²) in [5, 5.41) is 2.91. The van der Waals surface area contributed by atoms with Gasteiger partial charge in [0, 0.05) is 25.1 Å². The van der Waals surface area contributed by atoms with Crippen LogP contribution in [-0.4, -0.2) is 28.6 Å². The average Bonchev–Trinajstić information content (AvgIpc) is 3.24. The number of imidazole rings is 1. The van der Waals surface area contributed by atoms with Crippen LogP contribution in [0, 0.1) is 5.82 Å². The predicted octanol–water partition coefficient (Wildman–Crippen LogP) is 5.96. The first kappa shape index (κ1) is 24.5. The summed E-state index contributed by atoms with van der Waals surface area (Å²) in [7, 11) is 0.